The number of amidine groups is 1. The highest BCUT2D eigenvalue weighted by Gasteiger charge is 2.15. The second-order valence-corrected chi connectivity index (χ2v) is 5.94. The lowest BCUT2D eigenvalue weighted by molar-refractivity contribution is -0.116. The molecule has 0 aliphatic carbocycles. The molecule has 0 radical (unpaired) electrons. The lowest BCUT2D eigenvalue weighted by Gasteiger charge is -2.02. The van der Waals surface area contributed by atoms with Crippen LogP contribution in [0.15, 0.2) is 58.7 Å². The molecule has 4 nitrogen and oxygen atoms in total. The third-order valence-electron chi connectivity index (χ3n) is 3.24. The molecule has 2 aromatic carbocycles. The molecule has 0 unspecified atom stereocenters. The molecule has 0 bridgehead atoms. The van der Waals surface area contributed by atoms with Gasteiger partial charge in [-0.1, -0.05) is 65.9 Å². The number of amides is 1. The first-order chi connectivity index (χ1) is 10.7. The van der Waals surface area contributed by atoms with Gasteiger partial charge in [0.25, 0.3) is 0 Å². The lowest BCUT2D eigenvalue weighted by Crippen LogP contribution is -2.19. The van der Waals surface area contributed by atoms with E-state index >= 15 is 0 Å². The Morgan fingerprint density at radius 2 is 1.68 bits per heavy atom. The molecule has 1 amide bonds. The molecule has 0 saturated carbocycles. The van der Waals surface area contributed by atoms with Crippen molar-refractivity contribution in [3.63, 3.8) is 0 Å². The fraction of sp³-hybridized carbons (Fsp3) is 0.118. The summed E-state index contributed by atoms with van der Waals surface area (Å²) in [6.07, 6.45) is 1.68. The summed E-state index contributed by atoms with van der Waals surface area (Å²) in [7, 11) is 0. The molecule has 1 fully saturated rings. The van der Waals surface area contributed by atoms with Crippen molar-refractivity contribution >= 4 is 29.1 Å². The number of hydrogen-bond acceptors (Lipinski definition) is 4. The van der Waals surface area contributed by atoms with Crippen molar-refractivity contribution in [1.82, 2.24) is 5.32 Å². The van der Waals surface area contributed by atoms with Crippen LogP contribution in [0.2, 0.25) is 0 Å². The minimum Gasteiger partial charge on any atom is -0.303 e. The maximum absolute atomic E-state index is 11.0. The van der Waals surface area contributed by atoms with Gasteiger partial charge in [0.1, 0.15) is 0 Å². The fourth-order valence-electron chi connectivity index (χ4n) is 2.03. The van der Waals surface area contributed by atoms with Crippen molar-refractivity contribution in [2.24, 2.45) is 10.2 Å². The van der Waals surface area contributed by atoms with Gasteiger partial charge in [-0.3, -0.25) is 4.79 Å². The van der Waals surface area contributed by atoms with Crippen LogP contribution in [0.1, 0.15) is 11.1 Å². The second kappa shape index (κ2) is 6.58. The van der Waals surface area contributed by atoms with E-state index in [2.05, 4.69) is 58.8 Å². The molecule has 0 spiro atoms. The second-order valence-electron chi connectivity index (χ2n) is 4.97. The van der Waals surface area contributed by atoms with Crippen LogP contribution in [0.5, 0.6) is 0 Å². The summed E-state index contributed by atoms with van der Waals surface area (Å²) in [5.74, 6) is 0.390. The van der Waals surface area contributed by atoms with Gasteiger partial charge in [-0.25, -0.2) is 0 Å². The van der Waals surface area contributed by atoms with E-state index in [4.69, 9.17) is 0 Å². The number of rotatable bonds is 3. The monoisotopic (exact) mass is 309 g/mol. The van der Waals surface area contributed by atoms with Crippen LogP contribution in [-0.2, 0) is 4.79 Å². The molecule has 110 valence electrons. The number of nitrogens with one attached hydrogen (secondary N) is 1. The number of benzene rings is 2. The van der Waals surface area contributed by atoms with Crippen LogP contribution in [0, 0.1) is 6.92 Å². The Morgan fingerprint density at radius 1 is 1.05 bits per heavy atom. The van der Waals surface area contributed by atoms with E-state index in [0.717, 1.165) is 5.56 Å². The minimum absolute atomic E-state index is 0.0265. The van der Waals surface area contributed by atoms with Gasteiger partial charge in [0, 0.05) is 0 Å². The van der Waals surface area contributed by atoms with Crippen LogP contribution < -0.4 is 5.32 Å². The van der Waals surface area contributed by atoms with Gasteiger partial charge in [-0.05, 0) is 23.6 Å². The highest BCUT2D eigenvalue weighted by Crippen LogP contribution is 2.19. The largest absolute Gasteiger partial charge is 0.303 e. The first-order valence-electron chi connectivity index (χ1n) is 6.91. The van der Waals surface area contributed by atoms with Gasteiger partial charge in [-0.15, -0.1) is 5.10 Å². The maximum atomic E-state index is 11.0. The predicted molar refractivity (Wildman–Crippen MR) is 92.2 cm³/mol. The normalized spacial score (nSPS) is 16.4. The molecule has 1 saturated heterocycles. The summed E-state index contributed by atoms with van der Waals surface area (Å²) in [5, 5.41) is 11.2. The standard InChI is InChI=1S/C17H15N3OS/c1-12-2-6-14(7-3-12)15-8-4-13(5-9-15)10-18-20-17-19-16(21)11-22-17/h2-10H,11H2,1H3,(H,19,20,21). The van der Waals surface area contributed by atoms with Crippen molar-refractivity contribution in [2.75, 3.05) is 5.75 Å². The third kappa shape index (κ3) is 3.62. The SMILES string of the molecule is Cc1ccc(-c2ccc(C=NN=C3NC(=O)CS3)cc2)cc1. The summed E-state index contributed by atoms with van der Waals surface area (Å²) in [4.78, 5) is 11.0. The zero-order valence-corrected chi connectivity index (χ0v) is 12.9. The number of carbonyl (C=O) groups is 1. The van der Waals surface area contributed by atoms with E-state index in [9.17, 15) is 4.79 Å². The average Bonchev–Trinajstić information content (AvgIpc) is 2.94. The summed E-state index contributed by atoms with van der Waals surface area (Å²) in [5.41, 5.74) is 4.58. The van der Waals surface area contributed by atoms with Gasteiger partial charge >= 0.3 is 0 Å². The molecule has 2 aromatic rings. The highest BCUT2D eigenvalue weighted by molar-refractivity contribution is 8.15. The Labute approximate surface area is 133 Å². The van der Waals surface area contributed by atoms with E-state index in [0.29, 0.717) is 10.9 Å². The molecular formula is C17H15N3OS. The lowest BCUT2D eigenvalue weighted by atomic mass is 10.0. The van der Waals surface area contributed by atoms with Gasteiger partial charge < -0.3 is 5.32 Å². The fourth-order valence-corrected chi connectivity index (χ4v) is 2.67. The number of hydrogen-bond donors (Lipinski definition) is 1. The molecule has 5 heteroatoms. The van der Waals surface area contributed by atoms with Crippen molar-refractivity contribution in [2.45, 2.75) is 6.92 Å². The van der Waals surface area contributed by atoms with Crippen LogP contribution in [-0.4, -0.2) is 23.0 Å². The Kier molecular flexibility index (Phi) is 4.34. The van der Waals surface area contributed by atoms with Crippen molar-refractivity contribution in [1.29, 1.82) is 0 Å². The molecular weight excluding hydrogens is 294 g/mol. The zero-order valence-electron chi connectivity index (χ0n) is 12.1. The first kappa shape index (κ1) is 14.5. The smallest absolute Gasteiger partial charge is 0.236 e. The third-order valence-corrected chi connectivity index (χ3v) is 4.10. The molecule has 1 aliphatic rings. The Hall–Kier alpha value is -2.40. The summed E-state index contributed by atoms with van der Waals surface area (Å²) >= 11 is 1.36. The van der Waals surface area contributed by atoms with Crippen LogP contribution in [0.4, 0.5) is 0 Å². The molecule has 0 atom stereocenters. The van der Waals surface area contributed by atoms with E-state index in [1.807, 2.05) is 12.1 Å². The molecule has 1 heterocycles. The predicted octanol–water partition coefficient (Wildman–Crippen LogP) is 3.21. The van der Waals surface area contributed by atoms with Gasteiger partial charge in [0.05, 0.1) is 12.0 Å². The Balaban J connectivity index is 1.69. The van der Waals surface area contributed by atoms with E-state index in [-0.39, 0.29) is 5.91 Å². The van der Waals surface area contributed by atoms with E-state index in [1.165, 1.54) is 28.5 Å². The summed E-state index contributed by atoms with van der Waals surface area (Å²) < 4.78 is 0. The van der Waals surface area contributed by atoms with Crippen LogP contribution in [0.3, 0.4) is 0 Å². The average molecular weight is 309 g/mol. The molecule has 0 aromatic heterocycles. The van der Waals surface area contributed by atoms with Gasteiger partial charge in [-0.2, -0.15) is 5.10 Å². The van der Waals surface area contributed by atoms with Gasteiger partial charge in [0.2, 0.25) is 5.91 Å². The first-order valence-corrected chi connectivity index (χ1v) is 7.90. The number of thioether (sulfide) groups is 1. The highest BCUT2D eigenvalue weighted by atomic mass is 32.2. The molecule has 3 rings (SSSR count). The minimum atomic E-state index is -0.0265. The Morgan fingerprint density at radius 3 is 2.27 bits per heavy atom. The van der Waals surface area contributed by atoms with Crippen molar-refractivity contribution < 1.29 is 4.79 Å². The molecule has 1 N–H and O–H groups in total. The van der Waals surface area contributed by atoms with Crippen molar-refractivity contribution in [3.05, 3.63) is 59.7 Å². The number of nitrogens with zero attached hydrogens (tertiary/aromatic N) is 2. The van der Waals surface area contributed by atoms with E-state index < -0.39 is 0 Å². The summed E-state index contributed by atoms with van der Waals surface area (Å²) in [6.45, 7) is 2.08. The van der Waals surface area contributed by atoms with Crippen LogP contribution in [0.25, 0.3) is 11.1 Å². The molecule has 1 aliphatic heterocycles. The quantitative estimate of drug-likeness (QED) is 0.699. The zero-order chi connectivity index (χ0) is 15.4. The summed E-state index contributed by atoms with van der Waals surface area (Å²) in [6, 6.07) is 16.6. The topological polar surface area (TPSA) is 53.8 Å². The van der Waals surface area contributed by atoms with Gasteiger partial charge in [0.15, 0.2) is 5.17 Å². The van der Waals surface area contributed by atoms with E-state index in [1.54, 1.807) is 6.21 Å². The molecule has 22 heavy (non-hydrogen) atoms. The van der Waals surface area contributed by atoms with Crippen molar-refractivity contribution in [3.8, 4) is 11.1 Å². The number of carbonyl (C=O) groups excluding carboxylic acids is 1. The van der Waals surface area contributed by atoms with Crippen LogP contribution >= 0.6 is 11.8 Å². The number of aryl methyl sites for hydroxylation is 1. The Bertz CT molecular complexity index is 734. The maximum Gasteiger partial charge on any atom is 0.236 e.